The van der Waals surface area contributed by atoms with Gasteiger partial charge in [-0.3, -0.25) is 19.7 Å². The maximum absolute atomic E-state index is 13.4. The molecule has 8 heteroatoms. The summed E-state index contributed by atoms with van der Waals surface area (Å²) in [4.78, 5) is 37.6. The summed E-state index contributed by atoms with van der Waals surface area (Å²) in [6, 6.07) is 12.0. The van der Waals surface area contributed by atoms with Gasteiger partial charge in [0, 0.05) is 12.1 Å². The molecule has 2 fully saturated rings. The molecule has 180 valence electrons. The summed E-state index contributed by atoms with van der Waals surface area (Å²) in [5.74, 6) is -0.935. The highest BCUT2D eigenvalue weighted by Gasteiger charge is 2.45. The van der Waals surface area contributed by atoms with E-state index < -0.39 is 22.6 Å². The molecule has 1 atom stereocenters. The Balaban J connectivity index is 1.58. The summed E-state index contributed by atoms with van der Waals surface area (Å²) >= 11 is 0. The highest BCUT2D eigenvalue weighted by Crippen LogP contribution is 2.44. The van der Waals surface area contributed by atoms with Crippen molar-refractivity contribution in [3.63, 3.8) is 0 Å². The average molecular weight is 473 g/mol. The molecule has 1 unspecified atom stereocenters. The van der Waals surface area contributed by atoms with Crippen molar-refractivity contribution in [3.05, 3.63) is 65.2 Å². The Morgan fingerprint density at radius 3 is 2.26 bits per heavy atom. The zero-order chi connectivity index (χ0) is 24.6. The fraction of sp³-hybridized carbons (Fsp3) is 0.423. The van der Waals surface area contributed by atoms with Gasteiger partial charge in [-0.05, 0) is 55.0 Å². The van der Waals surface area contributed by atoms with Crippen LogP contribution in [-0.4, -0.2) is 17.7 Å². The summed E-state index contributed by atoms with van der Waals surface area (Å²) in [7, 11) is 0. The van der Waals surface area contributed by atoms with Crippen LogP contribution in [0.5, 0.6) is 0 Å². The van der Waals surface area contributed by atoms with E-state index in [2.05, 4.69) is 10.6 Å². The predicted molar refractivity (Wildman–Crippen MR) is 121 cm³/mol. The topological polar surface area (TPSA) is 75.3 Å². The number of alkyl halides is 3. The number of carbonyl (C=O) groups excluding carboxylic acids is 3. The molecule has 0 spiro atoms. The van der Waals surface area contributed by atoms with Gasteiger partial charge in [0.25, 0.3) is 0 Å². The lowest BCUT2D eigenvalue weighted by Crippen LogP contribution is -2.51. The molecule has 2 N–H and O–H groups in total. The molecule has 3 amide bonds. The van der Waals surface area contributed by atoms with E-state index in [-0.39, 0.29) is 24.1 Å². The predicted octanol–water partition coefficient (Wildman–Crippen LogP) is 5.24. The molecule has 1 aliphatic carbocycles. The lowest BCUT2D eigenvalue weighted by atomic mass is 9.72. The lowest BCUT2D eigenvalue weighted by molar-refractivity contribution is -0.139. The van der Waals surface area contributed by atoms with Gasteiger partial charge in [0.1, 0.15) is 0 Å². The third-order valence-electron chi connectivity index (χ3n) is 7.40. The monoisotopic (exact) mass is 472 g/mol. The lowest BCUT2D eigenvalue weighted by Gasteiger charge is -2.35. The molecule has 34 heavy (non-hydrogen) atoms. The van der Waals surface area contributed by atoms with Crippen molar-refractivity contribution in [1.82, 2.24) is 5.32 Å². The number of amides is 3. The Morgan fingerprint density at radius 1 is 1.00 bits per heavy atom. The van der Waals surface area contributed by atoms with E-state index in [4.69, 9.17) is 0 Å². The van der Waals surface area contributed by atoms with E-state index in [1.54, 1.807) is 30.3 Å². The van der Waals surface area contributed by atoms with Crippen LogP contribution in [0.15, 0.2) is 48.5 Å². The highest BCUT2D eigenvalue weighted by molar-refractivity contribution is 6.03. The third kappa shape index (κ3) is 4.21. The summed E-state index contributed by atoms with van der Waals surface area (Å²) in [5.41, 5.74) is -0.947. The molecule has 0 radical (unpaired) electrons. The third-order valence-corrected chi connectivity index (χ3v) is 7.40. The molecule has 0 bridgehead atoms. The number of carbonyl (C=O) groups is 3. The van der Waals surface area contributed by atoms with Crippen molar-refractivity contribution in [2.24, 2.45) is 0 Å². The van der Waals surface area contributed by atoms with Crippen molar-refractivity contribution in [2.45, 2.75) is 68.9 Å². The highest BCUT2D eigenvalue weighted by atomic mass is 19.4. The van der Waals surface area contributed by atoms with E-state index in [1.165, 1.54) is 6.07 Å². The number of halogens is 3. The second kappa shape index (κ2) is 8.89. The van der Waals surface area contributed by atoms with Crippen LogP contribution in [0.3, 0.4) is 0 Å². The first kappa shape index (κ1) is 24.0. The van der Waals surface area contributed by atoms with E-state index in [0.29, 0.717) is 36.9 Å². The van der Waals surface area contributed by atoms with Crippen molar-refractivity contribution in [1.29, 1.82) is 0 Å². The second-order valence-corrected chi connectivity index (χ2v) is 9.21. The molecular weight excluding hydrogens is 445 g/mol. The van der Waals surface area contributed by atoms with Gasteiger partial charge < -0.3 is 5.32 Å². The van der Waals surface area contributed by atoms with E-state index in [0.717, 1.165) is 30.5 Å². The molecule has 2 aromatic rings. The minimum atomic E-state index is -4.48. The van der Waals surface area contributed by atoms with Gasteiger partial charge in [-0.2, -0.15) is 13.2 Å². The molecule has 1 heterocycles. The van der Waals surface area contributed by atoms with Crippen molar-refractivity contribution in [3.8, 4) is 0 Å². The van der Waals surface area contributed by atoms with Gasteiger partial charge >= 0.3 is 6.18 Å². The number of anilines is 1. The van der Waals surface area contributed by atoms with E-state index in [1.807, 2.05) is 6.92 Å². The number of hydrogen-bond acceptors (Lipinski definition) is 3. The van der Waals surface area contributed by atoms with Crippen LogP contribution in [0.4, 0.5) is 18.9 Å². The zero-order valence-corrected chi connectivity index (χ0v) is 18.9. The first-order valence-electron chi connectivity index (χ1n) is 11.5. The maximum atomic E-state index is 13.4. The van der Waals surface area contributed by atoms with Gasteiger partial charge in [0.15, 0.2) is 0 Å². The Kier molecular flexibility index (Phi) is 6.27. The molecule has 4 rings (SSSR count). The molecule has 5 nitrogen and oxygen atoms in total. The number of piperidine rings is 1. The molecule has 0 aromatic heterocycles. The normalized spacial score (nSPS) is 22.4. The average Bonchev–Trinajstić information content (AvgIpc) is 3.31. The quantitative estimate of drug-likeness (QED) is 0.585. The minimum Gasteiger partial charge on any atom is -0.325 e. The fourth-order valence-corrected chi connectivity index (χ4v) is 5.31. The maximum Gasteiger partial charge on any atom is 0.416 e. The Bertz CT molecular complexity index is 1110. The van der Waals surface area contributed by atoms with Gasteiger partial charge in [0.05, 0.1) is 16.4 Å². The van der Waals surface area contributed by atoms with Crippen LogP contribution in [0.2, 0.25) is 0 Å². The number of rotatable bonds is 5. The summed E-state index contributed by atoms with van der Waals surface area (Å²) in [5, 5.41) is 5.30. The standard InChI is InChI=1S/C26H27F3N2O3/c1-2-24(15-12-21(32)31-22(24)33)17-8-10-20(11-9-17)30-23(34)25(13-3-4-14-25)18-6-5-7-19(16-18)26(27,28)29/h5-11,16H,2-4,12-15H2,1H3,(H,30,34)(H,31,32,33). The van der Waals surface area contributed by atoms with Crippen LogP contribution < -0.4 is 10.6 Å². The molecule has 1 saturated carbocycles. The second-order valence-electron chi connectivity index (χ2n) is 9.21. The van der Waals surface area contributed by atoms with Crippen molar-refractivity contribution >= 4 is 23.4 Å². The molecule has 2 aliphatic rings. The Labute approximate surface area is 196 Å². The SMILES string of the molecule is CCC1(c2ccc(NC(=O)C3(c4cccc(C(F)(F)F)c4)CCCC3)cc2)CCC(=O)NC1=O. The molecule has 1 saturated heterocycles. The Morgan fingerprint density at radius 2 is 1.68 bits per heavy atom. The Hall–Kier alpha value is -3.16. The first-order valence-corrected chi connectivity index (χ1v) is 11.5. The minimum absolute atomic E-state index is 0.261. The van der Waals surface area contributed by atoms with Gasteiger partial charge in [-0.25, -0.2) is 0 Å². The van der Waals surface area contributed by atoms with Crippen molar-refractivity contribution in [2.75, 3.05) is 5.32 Å². The summed E-state index contributed by atoms with van der Waals surface area (Å²) in [6.45, 7) is 1.89. The van der Waals surface area contributed by atoms with Crippen molar-refractivity contribution < 1.29 is 27.6 Å². The summed E-state index contributed by atoms with van der Waals surface area (Å²) < 4.78 is 39.8. The molecular formula is C26H27F3N2O3. The number of benzene rings is 2. The van der Waals surface area contributed by atoms with Crippen LogP contribution in [0.25, 0.3) is 0 Å². The van der Waals surface area contributed by atoms with Gasteiger partial charge in [-0.1, -0.05) is 50.1 Å². The molecule has 1 aliphatic heterocycles. The van der Waals surface area contributed by atoms with Crippen LogP contribution >= 0.6 is 0 Å². The van der Waals surface area contributed by atoms with E-state index >= 15 is 0 Å². The fourth-order valence-electron chi connectivity index (χ4n) is 5.31. The van der Waals surface area contributed by atoms with Gasteiger partial charge in [0.2, 0.25) is 17.7 Å². The van der Waals surface area contributed by atoms with Gasteiger partial charge in [-0.15, -0.1) is 0 Å². The first-order chi connectivity index (χ1) is 16.1. The number of hydrogen-bond donors (Lipinski definition) is 2. The van der Waals surface area contributed by atoms with Crippen LogP contribution in [0.1, 0.15) is 68.6 Å². The van der Waals surface area contributed by atoms with E-state index in [9.17, 15) is 27.6 Å². The largest absolute Gasteiger partial charge is 0.416 e. The smallest absolute Gasteiger partial charge is 0.325 e. The number of nitrogens with one attached hydrogen (secondary N) is 2. The zero-order valence-electron chi connectivity index (χ0n) is 18.9. The number of imide groups is 1. The molecule has 2 aromatic carbocycles. The van der Waals surface area contributed by atoms with Crippen LogP contribution in [-0.2, 0) is 31.4 Å². The van der Waals surface area contributed by atoms with Crippen LogP contribution in [0, 0.1) is 0 Å². The summed E-state index contributed by atoms with van der Waals surface area (Å²) in [6.07, 6.45) is -0.804.